The van der Waals surface area contributed by atoms with E-state index in [4.69, 9.17) is 4.74 Å². The second-order valence-electron chi connectivity index (χ2n) is 5.70. The fourth-order valence-electron chi connectivity index (χ4n) is 2.48. The largest absolute Gasteiger partial charge is 1.00 e. The van der Waals surface area contributed by atoms with E-state index in [9.17, 15) is 4.79 Å². The molecule has 1 heterocycles. The van der Waals surface area contributed by atoms with Crippen molar-refractivity contribution in [3.63, 3.8) is 0 Å². The lowest BCUT2D eigenvalue weighted by atomic mass is 10.1. The van der Waals surface area contributed by atoms with E-state index in [1.165, 1.54) is 0 Å². The third-order valence-electron chi connectivity index (χ3n) is 3.93. The minimum Gasteiger partial charge on any atom is -1.00 e. The summed E-state index contributed by atoms with van der Waals surface area (Å²) >= 11 is 0. The number of halogens is 1. The van der Waals surface area contributed by atoms with Crippen LogP contribution < -0.4 is 21.7 Å². The van der Waals surface area contributed by atoms with E-state index in [-0.39, 0.29) is 18.3 Å². The second kappa shape index (κ2) is 9.54. The van der Waals surface area contributed by atoms with Gasteiger partial charge in [-0.05, 0) is 28.8 Å². The average Bonchev–Trinajstić information content (AvgIpc) is 2.68. The number of benzene rings is 2. The predicted molar refractivity (Wildman–Crippen MR) is 99.3 cm³/mol. The Balaban J connectivity index is 0.00000243. The molecule has 2 aromatic carbocycles. The molecule has 0 saturated heterocycles. The monoisotopic (exact) mass is 365 g/mol. The molecule has 3 rings (SSSR count). The highest BCUT2D eigenvalue weighted by Crippen LogP contribution is 2.13. The summed E-state index contributed by atoms with van der Waals surface area (Å²) in [4.78, 5) is 12.3. The van der Waals surface area contributed by atoms with Gasteiger partial charge in [-0.2, -0.15) is 0 Å². The zero-order valence-electron chi connectivity index (χ0n) is 14.5. The summed E-state index contributed by atoms with van der Waals surface area (Å²) in [6.07, 6.45) is 8.06. The molecule has 132 valence electrons. The molecular formula is C22H20ClNO2. The third kappa shape index (κ3) is 5.30. The van der Waals surface area contributed by atoms with Gasteiger partial charge in [-0.3, -0.25) is 0 Å². The fourth-order valence-corrected chi connectivity index (χ4v) is 2.48. The van der Waals surface area contributed by atoms with Gasteiger partial charge < -0.3 is 17.1 Å². The van der Waals surface area contributed by atoms with Crippen molar-refractivity contribution in [2.24, 2.45) is 0 Å². The third-order valence-corrected chi connectivity index (χ3v) is 3.93. The quantitative estimate of drug-likeness (QED) is 0.632. The number of pyridine rings is 1. The van der Waals surface area contributed by atoms with Gasteiger partial charge in [-0.15, -0.1) is 4.57 Å². The Bertz CT molecular complexity index is 857. The number of aromatic nitrogens is 1. The maximum Gasteiger partial charge on any atom is 0.396 e. The molecule has 0 unspecified atom stereocenters. The average molecular weight is 366 g/mol. The van der Waals surface area contributed by atoms with E-state index >= 15 is 0 Å². The van der Waals surface area contributed by atoms with Crippen LogP contribution in [-0.2, 0) is 6.42 Å². The van der Waals surface area contributed by atoms with Crippen LogP contribution in [0.1, 0.15) is 21.5 Å². The Labute approximate surface area is 160 Å². The van der Waals surface area contributed by atoms with E-state index in [0.29, 0.717) is 6.42 Å². The molecule has 0 N–H and O–H groups in total. The van der Waals surface area contributed by atoms with Gasteiger partial charge in [0, 0.05) is 12.1 Å². The smallest absolute Gasteiger partial charge is 0.396 e. The van der Waals surface area contributed by atoms with Crippen molar-refractivity contribution < 1.29 is 26.5 Å². The first-order chi connectivity index (χ1) is 12.2. The summed E-state index contributed by atoms with van der Waals surface area (Å²) in [6, 6.07) is 21.5. The molecule has 0 aliphatic rings. The number of hydrogen-bond acceptors (Lipinski definition) is 2. The number of rotatable bonds is 5. The molecule has 26 heavy (non-hydrogen) atoms. The lowest BCUT2D eigenvalue weighted by Crippen LogP contribution is -3.00. The summed E-state index contributed by atoms with van der Waals surface area (Å²) < 4.78 is 6.77. The molecule has 0 aliphatic carbocycles. The Morgan fingerprint density at radius 2 is 1.46 bits per heavy atom. The van der Waals surface area contributed by atoms with Crippen molar-refractivity contribution in [3.8, 4) is 5.75 Å². The molecule has 0 atom stereocenters. The normalized spacial score (nSPS) is 10.3. The molecule has 1 aromatic heterocycles. The van der Waals surface area contributed by atoms with Gasteiger partial charge in [0.05, 0.1) is 13.5 Å². The van der Waals surface area contributed by atoms with E-state index in [2.05, 4.69) is 0 Å². The van der Waals surface area contributed by atoms with Crippen molar-refractivity contribution in [1.82, 2.24) is 0 Å². The number of carbonyl (C=O) groups excluding carboxylic acids is 1. The van der Waals surface area contributed by atoms with Crippen LogP contribution in [0, 0.1) is 0 Å². The second-order valence-corrected chi connectivity index (χ2v) is 5.70. The molecule has 0 bridgehead atoms. The molecule has 3 nitrogen and oxygen atoms in total. The van der Waals surface area contributed by atoms with E-state index in [1.807, 2.05) is 78.9 Å². The molecule has 4 heteroatoms. The number of nitrogens with zero attached hydrogens (tertiary/aromatic N) is 1. The van der Waals surface area contributed by atoms with Crippen LogP contribution in [0.5, 0.6) is 5.75 Å². The van der Waals surface area contributed by atoms with Crippen molar-refractivity contribution in [2.75, 3.05) is 7.11 Å². The first-order valence-corrected chi connectivity index (χ1v) is 8.15. The van der Waals surface area contributed by atoms with Crippen molar-refractivity contribution in [2.45, 2.75) is 6.42 Å². The SMILES string of the molecule is COc1ccc(C=Cc2cc[n+](C(=O)Cc3ccccc3)cc2)cc1.[Cl-]. The zero-order chi connectivity index (χ0) is 17.5. The number of ether oxygens (including phenoxy) is 1. The van der Waals surface area contributed by atoms with Gasteiger partial charge in [-0.1, -0.05) is 54.6 Å². The molecular weight excluding hydrogens is 346 g/mol. The van der Waals surface area contributed by atoms with Gasteiger partial charge in [0.25, 0.3) is 0 Å². The van der Waals surface area contributed by atoms with Crippen molar-refractivity contribution >= 4 is 18.1 Å². The lowest BCUT2D eigenvalue weighted by Gasteiger charge is -1.99. The Morgan fingerprint density at radius 1 is 0.885 bits per heavy atom. The number of methoxy groups -OCH3 is 1. The highest BCUT2D eigenvalue weighted by Gasteiger charge is 2.13. The van der Waals surface area contributed by atoms with Crippen LogP contribution >= 0.6 is 0 Å². The van der Waals surface area contributed by atoms with Gasteiger partial charge in [0.15, 0.2) is 12.4 Å². The summed E-state index contributed by atoms with van der Waals surface area (Å²) in [7, 11) is 1.66. The molecule has 0 spiro atoms. The Morgan fingerprint density at radius 3 is 2.04 bits per heavy atom. The van der Waals surface area contributed by atoms with Gasteiger partial charge in [-0.25, -0.2) is 4.79 Å². The zero-order valence-corrected chi connectivity index (χ0v) is 15.3. The molecule has 0 radical (unpaired) electrons. The Kier molecular flexibility index (Phi) is 7.12. The number of hydrogen-bond donors (Lipinski definition) is 0. The van der Waals surface area contributed by atoms with Crippen molar-refractivity contribution in [1.29, 1.82) is 0 Å². The van der Waals surface area contributed by atoms with Gasteiger partial charge >= 0.3 is 5.91 Å². The summed E-state index contributed by atoms with van der Waals surface area (Å²) in [5.74, 6) is 0.895. The van der Waals surface area contributed by atoms with Crippen LogP contribution in [0.2, 0.25) is 0 Å². The first-order valence-electron chi connectivity index (χ1n) is 8.15. The molecule has 0 aliphatic heterocycles. The molecule has 0 fully saturated rings. The maximum absolute atomic E-state index is 12.3. The summed E-state index contributed by atoms with van der Waals surface area (Å²) in [6.45, 7) is 0. The van der Waals surface area contributed by atoms with Gasteiger partial charge in [0.2, 0.25) is 0 Å². The molecule has 0 saturated carbocycles. The standard InChI is InChI=1S/C22H20NO2.ClH/c1-25-21-11-9-18(10-12-21)7-8-19-13-15-23(16-14-19)22(24)17-20-5-3-2-4-6-20;/h2-16H,17H2,1H3;1H/q+1;/p-1. The van der Waals surface area contributed by atoms with Gasteiger partial charge in [0.1, 0.15) is 5.75 Å². The highest BCUT2D eigenvalue weighted by atomic mass is 35.5. The predicted octanol–water partition coefficient (Wildman–Crippen LogP) is 1.04. The van der Waals surface area contributed by atoms with Crippen LogP contribution in [0.25, 0.3) is 12.2 Å². The summed E-state index contributed by atoms with van der Waals surface area (Å²) in [5.41, 5.74) is 3.15. The van der Waals surface area contributed by atoms with Crippen molar-refractivity contribution in [3.05, 3.63) is 95.8 Å². The van der Waals surface area contributed by atoms with Crippen LogP contribution in [0.4, 0.5) is 0 Å². The van der Waals surface area contributed by atoms with Crippen LogP contribution in [0.3, 0.4) is 0 Å². The van der Waals surface area contributed by atoms with Crippen LogP contribution in [0.15, 0.2) is 79.1 Å². The Hall–Kier alpha value is -2.91. The summed E-state index contributed by atoms with van der Waals surface area (Å²) in [5, 5.41) is 0. The molecule has 0 amide bonds. The fraction of sp³-hybridized carbons (Fsp3) is 0.0909. The van der Waals surface area contributed by atoms with E-state index in [0.717, 1.165) is 22.4 Å². The van der Waals surface area contributed by atoms with E-state index in [1.54, 1.807) is 24.1 Å². The minimum absolute atomic E-state index is 0. The minimum atomic E-state index is 0. The maximum atomic E-state index is 12.3. The van der Waals surface area contributed by atoms with Crippen LogP contribution in [-0.4, -0.2) is 13.0 Å². The number of carbonyl (C=O) groups is 1. The topological polar surface area (TPSA) is 30.2 Å². The lowest BCUT2D eigenvalue weighted by molar-refractivity contribution is -0.574. The highest BCUT2D eigenvalue weighted by molar-refractivity contribution is 5.71. The molecule has 3 aromatic rings. The first kappa shape index (κ1) is 19.4. The van der Waals surface area contributed by atoms with E-state index < -0.39 is 0 Å².